The van der Waals surface area contributed by atoms with Crippen LogP contribution in [0, 0.1) is 0 Å². The first-order chi connectivity index (χ1) is 8.77. The molecule has 18 heavy (non-hydrogen) atoms. The summed E-state index contributed by atoms with van der Waals surface area (Å²) in [5, 5.41) is 0. The van der Waals surface area contributed by atoms with Gasteiger partial charge in [0.05, 0.1) is 13.2 Å². The Balaban J connectivity index is 2.21. The number of methoxy groups -OCH3 is 1. The quantitative estimate of drug-likeness (QED) is 0.677. The number of hydrogen-bond donors (Lipinski definition) is 1. The van der Waals surface area contributed by atoms with Crippen molar-refractivity contribution in [3.63, 3.8) is 0 Å². The van der Waals surface area contributed by atoms with Crippen molar-refractivity contribution in [3.8, 4) is 5.75 Å². The molecule has 0 radical (unpaired) electrons. The molecule has 0 saturated carbocycles. The van der Waals surface area contributed by atoms with Crippen LogP contribution in [0.1, 0.15) is 12.0 Å². The van der Waals surface area contributed by atoms with Crippen LogP contribution >= 0.6 is 0 Å². The highest BCUT2D eigenvalue weighted by Gasteiger charge is 2.01. The minimum Gasteiger partial charge on any atom is -0.493 e. The van der Waals surface area contributed by atoms with Crippen molar-refractivity contribution in [1.29, 1.82) is 0 Å². The van der Waals surface area contributed by atoms with Gasteiger partial charge in [0, 0.05) is 32.3 Å². The third-order valence-electron chi connectivity index (χ3n) is 2.81. The molecule has 0 heterocycles. The van der Waals surface area contributed by atoms with E-state index in [1.54, 1.807) is 7.11 Å². The molecule has 1 aromatic carbocycles. The fourth-order valence-electron chi connectivity index (χ4n) is 1.69. The third kappa shape index (κ3) is 5.49. The minimum atomic E-state index is 0.518. The van der Waals surface area contributed by atoms with E-state index in [9.17, 15) is 0 Å². The summed E-state index contributed by atoms with van der Waals surface area (Å²) >= 11 is 0. The molecule has 2 N–H and O–H groups in total. The Morgan fingerprint density at radius 3 is 2.67 bits per heavy atom. The molecular weight excluding hydrogens is 228 g/mol. The second-order valence-corrected chi connectivity index (χ2v) is 4.31. The summed E-state index contributed by atoms with van der Waals surface area (Å²) in [6.07, 6.45) is 0.999. The molecule has 1 aromatic rings. The van der Waals surface area contributed by atoms with Gasteiger partial charge in [0.1, 0.15) is 5.75 Å². The second-order valence-electron chi connectivity index (χ2n) is 4.31. The molecule has 0 amide bonds. The van der Waals surface area contributed by atoms with E-state index in [-0.39, 0.29) is 0 Å². The molecule has 0 aliphatic heterocycles. The molecule has 0 aliphatic rings. The van der Waals surface area contributed by atoms with Crippen molar-refractivity contribution in [2.45, 2.75) is 13.0 Å². The van der Waals surface area contributed by atoms with Crippen molar-refractivity contribution < 1.29 is 9.47 Å². The minimum absolute atomic E-state index is 0.518. The maximum atomic E-state index is 5.74. The van der Waals surface area contributed by atoms with Crippen LogP contribution in [0.5, 0.6) is 5.75 Å². The van der Waals surface area contributed by atoms with Gasteiger partial charge in [0.25, 0.3) is 0 Å². The second kappa shape index (κ2) is 8.91. The lowest BCUT2D eigenvalue weighted by Gasteiger charge is -2.16. The zero-order valence-corrected chi connectivity index (χ0v) is 11.4. The maximum Gasteiger partial charge on any atom is 0.123 e. The average molecular weight is 252 g/mol. The first-order valence-corrected chi connectivity index (χ1v) is 6.36. The molecule has 4 heteroatoms. The summed E-state index contributed by atoms with van der Waals surface area (Å²) in [5.41, 5.74) is 6.72. The van der Waals surface area contributed by atoms with Crippen LogP contribution in [0.15, 0.2) is 24.3 Å². The van der Waals surface area contributed by atoms with Crippen LogP contribution in [-0.4, -0.2) is 45.4 Å². The monoisotopic (exact) mass is 252 g/mol. The molecule has 1 rings (SSSR count). The maximum absolute atomic E-state index is 5.74. The van der Waals surface area contributed by atoms with Crippen LogP contribution < -0.4 is 10.5 Å². The lowest BCUT2D eigenvalue weighted by atomic mass is 10.2. The number of likely N-dealkylation sites (N-methyl/N-ethyl adjacent to an activating group) is 1. The number of ether oxygens (including phenoxy) is 2. The third-order valence-corrected chi connectivity index (χ3v) is 2.81. The van der Waals surface area contributed by atoms with E-state index in [2.05, 4.69) is 11.9 Å². The lowest BCUT2D eigenvalue weighted by molar-refractivity contribution is 0.157. The standard InChI is InChI=1S/C14H24N2O2/c1-16(9-11-17-2)8-5-10-18-14-7-4-3-6-13(14)12-15/h3-4,6-7H,5,8-12,15H2,1-2H3. The predicted molar refractivity (Wildman–Crippen MR) is 73.8 cm³/mol. The molecule has 0 atom stereocenters. The van der Waals surface area contributed by atoms with Crippen LogP contribution in [0.25, 0.3) is 0 Å². The van der Waals surface area contributed by atoms with Crippen molar-refractivity contribution in [1.82, 2.24) is 4.90 Å². The fraction of sp³-hybridized carbons (Fsp3) is 0.571. The molecule has 102 valence electrons. The SMILES string of the molecule is COCCN(C)CCCOc1ccccc1CN. The summed E-state index contributed by atoms with van der Waals surface area (Å²) in [6.45, 7) is 3.97. The Morgan fingerprint density at radius 1 is 1.17 bits per heavy atom. The Morgan fingerprint density at radius 2 is 1.94 bits per heavy atom. The van der Waals surface area contributed by atoms with E-state index >= 15 is 0 Å². The van der Waals surface area contributed by atoms with Gasteiger partial charge in [-0.3, -0.25) is 0 Å². The van der Waals surface area contributed by atoms with E-state index in [4.69, 9.17) is 15.2 Å². The summed E-state index contributed by atoms with van der Waals surface area (Å²) in [7, 11) is 3.81. The smallest absolute Gasteiger partial charge is 0.123 e. The molecule has 0 saturated heterocycles. The van der Waals surface area contributed by atoms with E-state index in [0.29, 0.717) is 13.2 Å². The average Bonchev–Trinajstić information content (AvgIpc) is 2.41. The summed E-state index contributed by atoms with van der Waals surface area (Å²) in [5.74, 6) is 0.902. The number of para-hydroxylation sites is 1. The first-order valence-electron chi connectivity index (χ1n) is 6.36. The Kier molecular flexibility index (Phi) is 7.41. The number of rotatable bonds is 9. The zero-order valence-electron chi connectivity index (χ0n) is 11.4. The van der Waals surface area contributed by atoms with E-state index < -0.39 is 0 Å². The van der Waals surface area contributed by atoms with Crippen molar-refractivity contribution in [3.05, 3.63) is 29.8 Å². The topological polar surface area (TPSA) is 47.7 Å². The number of hydrogen-bond acceptors (Lipinski definition) is 4. The van der Waals surface area contributed by atoms with E-state index in [0.717, 1.165) is 37.4 Å². The zero-order chi connectivity index (χ0) is 13.2. The van der Waals surface area contributed by atoms with Gasteiger partial charge in [-0.25, -0.2) is 0 Å². The van der Waals surface area contributed by atoms with Gasteiger partial charge in [-0.1, -0.05) is 18.2 Å². The lowest BCUT2D eigenvalue weighted by Crippen LogP contribution is -2.25. The molecule has 0 spiro atoms. The first kappa shape index (κ1) is 15.0. The molecule has 0 aromatic heterocycles. The molecule has 0 aliphatic carbocycles. The Hall–Kier alpha value is -1.10. The molecular formula is C14H24N2O2. The van der Waals surface area contributed by atoms with Crippen molar-refractivity contribution in [2.24, 2.45) is 5.73 Å². The fourth-order valence-corrected chi connectivity index (χ4v) is 1.69. The Labute approximate surface area is 110 Å². The summed E-state index contributed by atoms with van der Waals surface area (Å²) < 4.78 is 10.8. The summed E-state index contributed by atoms with van der Waals surface area (Å²) in [6, 6.07) is 7.92. The van der Waals surface area contributed by atoms with Crippen LogP contribution in [0.2, 0.25) is 0 Å². The van der Waals surface area contributed by atoms with Gasteiger partial charge in [0.15, 0.2) is 0 Å². The number of benzene rings is 1. The Bertz CT molecular complexity index is 331. The molecule has 0 bridgehead atoms. The highest BCUT2D eigenvalue weighted by Crippen LogP contribution is 2.17. The van der Waals surface area contributed by atoms with E-state index in [1.165, 1.54) is 0 Å². The van der Waals surface area contributed by atoms with Gasteiger partial charge < -0.3 is 20.1 Å². The van der Waals surface area contributed by atoms with Gasteiger partial charge in [-0.15, -0.1) is 0 Å². The highest BCUT2D eigenvalue weighted by atomic mass is 16.5. The largest absolute Gasteiger partial charge is 0.493 e. The van der Waals surface area contributed by atoms with Gasteiger partial charge in [-0.05, 0) is 19.5 Å². The van der Waals surface area contributed by atoms with Crippen LogP contribution in [0.4, 0.5) is 0 Å². The summed E-state index contributed by atoms with van der Waals surface area (Å²) in [4.78, 5) is 2.24. The normalized spacial score (nSPS) is 10.9. The van der Waals surface area contributed by atoms with Crippen LogP contribution in [-0.2, 0) is 11.3 Å². The van der Waals surface area contributed by atoms with Gasteiger partial charge >= 0.3 is 0 Å². The van der Waals surface area contributed by atoms with E-state index in [1.807, 2.05) is 24.3 Å². The number of nitrogens with two attached hydrogens (primary N) is 1. The van der Waals surface area contributed by atoms with Crippen molar-refractivity contribution >= 4 is 0 Å². The molecule has 0 unspecified atom stereocenters. The molecule has 0 fully saturated rings. The van der Waals surface area contributed by atoms with Crippen LogP contribution in [0.3, 0.4) is 0 Å². The number of nitrogens with zero attached hydrogens (tertiary/aromatic N) is 1. The van der Waals surface area contributed by atoms with Crippen molar-refractivity contribution in [2.75, 3.05) is 40.5 Å². The predicted octanol–water partition coefficient (Wildman–Crippen LogP) is 1.49. The highest BCUT2D eigenvalue weighted by molar-refractivity contribution is 5.32. The molecule has 4 nitrogen and oxygen atoms in total. The van der Waals surface area contributed by atoms with Gasteiger partial charge in [-0.2, -0.15) is 0 Å². The van der Waals surface area contributed by atoms with Gasteiger partial charge in [0.2, 0.25) is 0 Å².